The first kappa shape index (κ1) is 23.2. The summed E-state index contributed by atoms with van der Waals surface area (Å²) in [6.45, 7) is 2.27. The normalized spacial score (nSPS) is 24.1. The molecule has 3 rings (SSSR count). The van der Waals surface area contributed by atoms with E-state index >= 15 is 0 Å². The lowest BCUT2D eigenvalue weighted by Crippen LogP contribution is -2.17. The van der Waals surface area contributed by atoms with Crippen molar-refractivity contribution < 1.29 is 13.2 Å². The Bertz CT molecular complexity index is 703. The summed E-state index contributed by atoms with van der Waals surface area (Å²) in [5.74, 6) is -2.16. The second kappa shape index (κ2) is 11.8. The molecule has 0 spiro atoms. The third-order valence-corrected chi connectivity index (χ3v) is 7.10. The second-order valence-electron chi connectivity index (χ2n) is 9.33. The van der Waals surface area contributed by atoms with E-state index in [1.54, 1.807) is 0 Å². The van der Waals surface area contributed by atoms with Gasteiger partial charge in [0.1, 0.15) is 0 Å². The lowest BCUT2D eigenvalue weighted by molar-refractivity contribution is 0.282. The molecule has 1 fully saturated rings. The zero-order valence-corrected chi connectivity index (χ0v) is 18.4. The van der Waals surface area contributed by atoms with Gasteiger partial charge in [-0.25, -0.2) is 13.2 Å². The zero-order chi connectivity index (χ0) is 21.3. The molecule has 166 valence electrons. The molecule has 0 saturated heterocycles. The van der Waals surface area contributed by atoms with Crippen molar-refractivity contribution in [1.29, 1.82) is 0 Å². The SMILES string of the molecule is CCCCCCCCCC1CCC(C2=CCC(c3cc(F)c(F)c(F)c3)C=C2)CC1. The van der Waals surface area contributed by atoms with Crippen LogP contribution in [0, 0.1) is 29.3 Å². The molecule has 3 heteroatoms. The first-order chi connectivity index (χ1) is 14.6. The number of hydrogen-bond acceptors (Lipinski definition) is 0. The molecule has 1 aromatic carbocycles. The maximum Gasteiger partial charge on any atom is 0.194 e. The van der Waals surface area contributed by atoms with Gasteiger partial charge in [-0.2, -0.15) is 0 Å². The van der Waals surface area contributed by atoms with Gasteiger partial charge in [-0.1, -0.05) is 76.5 Å². The number of unbranched alkanes of at least 4 members (excludes halogenated alkanes) is 6. The quantitative estimate of drug-likeness (QED) is 0.263. The maximum absolute atomic E-state index is 13.5. The van der Waals surface area contributed by atoms with Gasteiger partial charge in [0.15, 0.2) is 17.5 Å². The number of halogens is 3. The van der Waals surface area contributed by atoms with E-state index in [1.165, 1.54) is 82.6 Å². The van der Waals surface area contributed by atoms with Crippen molar-refractivity contribution in [3.8, 4) is 0 Å². The number of rotatable bonds is 10. The predicted molar refractivity (Wildman–Crippen MR) is 119 cm³/mol. The lowest BCUT2D eigenvalue weighted by Gasteiger charge is -2.31. The van der Waals surface area contributed by atoms with E-state index in [0.29, 0.717) is 11.5 Å². The maximum atomic E-state index is 13.5. The molecular weight excluding hydrogens is 381 g/mol. The summed E-state index contributed by atoms with van der Waals surface area (Å²) in [5.41, 5.74) is 1.89. The molecule has 0 heterocycles. The standard InChI is InChI=1S/C27H37F3/c1-2-3-4-5-6-7-8-9-20-10-12-21(13-11-20)22-14-16-23(17-15-22)24-18-25(28)27(30)26(29)19-24/h14-16,18-21,23H,2-13,17H2,1H3. The van der Waals surface area contributed by atoms with Crippen LogP contribution in [0.25, 0.3) is 0 Å². The van der Waals surface area contributed by atoms with Crippen molar-refractivity contribution >= 4 is 0 Å². The fraction of sp³-hybridized carbons (Fsp3) is 0.630. The molecular formula is C27H37F3. The van der Waals surface area contributed by atoms with E-state index in [-0.39, 0.29) is 5.92 Å². The van der Waals surface area contributed by atoms with Crippen molar-refractivity contribution in [3.05, 3.63) is 58.9 Å². The van der Waals surface area contributed by atoms with E-state index in [0.717, 1.165) is 24.5 Å². The predicted octanol–water partition coefficient (Wildman–Crippen LogP) is 9.02. The van der Waals surface area contributed by atoms with Crippen LogP contribution < -0.4 is 0 Å². The first-order valence-electron chi connectivity index (χ1n) is 12.1. The fourth-order valence-corrected chi connectivity index (χ4v) is 5.15. The minimum absolute atomic E-state index is 0.0768. The van der Waals surface area contributed by atoms with E-state index in [4.69, 9.17) is 0 Å². The summed E-state index contributed by atoms with van der Waals surface area (Å²) in [6.07, 6.45) is 23.3. The highest BCUT2D eigenvalue weighted by atomic mass is 19.2. The van der Waals surface area contributed by atoms with Gasteiger partial charge in [0.2, 0.25) is 0 Å². The summed E-state index contributed by atoms with van der Waals surface area (Å²) in [6, 6.07) is 2.25. The third-order valence-electron chi connectivity index (χ3n) is 7.10. The molecule has 2 aliphatic rings. The van der Waals surface area contributed by atoms with Crippen molar-refractivity contribution in [2.24, 2.45) is 11.8 Å². The van der Waals surface area contributed by atoms with Crippen LogP contribution in [0.4, 0.5) is 13.2 Å². The summed E-state index contributed by atoms with van der Waals surface area (Å²) in [4.78, 5) is 0. The van der Waals surface area contributed by atoms with Gasteiger partial charge in [-0.05, 0) is 67.2 Å². The summed E-state index contributed by atoms with van der Waals surface area (Å²) < 4.78 is 40.2. The molecule has 0 amide bonds. The lowest BCUT2D eigenvalue weighted by atomic mass is 9.75. The van der Waals surface area contributed by atoms with Gasteiger partial charge >= 0.3 is 0 Å². The van der Waals surface area contributed by atoms with Gasteiger partial charge in [-0.3, -0.25) is 0 Å². The van der Waals surface area contributed by atoms with E-state index < -0.39 is 17.5 Å². The van der Waals surface area contributed by atoms with Crippen LogP contribution in [0.2, 0.25) is 0 Å². The zero-order valence-electron chi connectivity index (χ0n) is 18.4. The highest BCUT2D eigenvalue weighted by Crippen LogP contribution is 2.39. The average molecular weight is 419 g/mol. The Morgan fingerprint density at radius 1 is 0.833 bits per heavy atom. The van der Waals surface area contributed by atoms with Gasteiger partial charge < -0.3 is 0 Å². The van der Waals surface area contributed by atoms with Crippen LogP contribution in [-0.2, 0) is 0 Å². The Balaban J connectivity index is 1.38. The first-order valence-corrected chi connectivity index (χ1v) is 12.1. The molecule has 0 radical (unpaired) electrons. The van der Waals surface area contributed by atoms with Crippen LogP contribution in [0.15, 0.2) is 35.9 Å². The van der Waals surface area contributed by atoms with Gasteiger partial charge in [0, 0.05) is 5.92 Å². The Labute approximate surface area is 180 Å². The number of hydrogen-bond donors (Lipinski definition) is 0. The Kier molecular flexibility index (Phi) is 9.08. The highest BCUT2D eigenvalue weighted by Gasteiger charge is 2.24. The molecule has 0 aliphatic heterocycles. The highest BCUT2D eigenvalue weighted by molar-refractivity contribution is 5.35. The van der Waals surface area contributed by atoms with Gasteiger partial charge in [-0.15, -0.1) is 0 Å². The second-order valence-corrected chi connectivity index (χ2v) is 9.33. The number of allylic oxidation sites excluding steroid dienone is 4. The van der Waals surface area contributed by atoms with Crippen LogP contribution in [0.1, 0.15) is 102 Å². The minimum atomic E-state index is -1.39. The van der Waals surface area contributed by atoms with Crippen molar-refractivity contribution in [2.75, 3.05) is 0 Å². The topological polar surface area (TPSA) is 0 Å². The molecule has 0 aromatic heterocycles. The van der Waals surface area contributed by atoms with Crippen LogP contribution in [-0.4, -0.2) is 0 Å². The molecule has 1 saturated carbocycles. The molecule has 0 bridgehead atoms. The van der Waals surface area contributed by atoms with E-state index in [9.17, 15) is 13.2 Å². The summed E-state index contributed by atoms with van der Waals surface area (Å²) >= 11 is 0. The molecule has 1 atom stereocenters. The fourth-order valence-electron chi connectivity index (χ4n) is 5.15. The van der Waals surface area contributed by atoms with E-state index in [1.807, 2.05) is 6.08 Å². The largest absolute Gasteiger partial charge is 0.204 e. The minimum Gasteiger partial charge on any atom is -0.204 e. The molecule has 0 N–H and O–H groups in total. The molecule has 0 nitrogen and oxygen atoms in total. The van der Waals surface area contributed by atoms with Crippen LogP contribution in [0.5, 0.6) is 0 Å². The Hall–Kier alpha value is -1.51. The van der Waals surface area contributed by atoms with Gasteiger partial charge in [0.25, 0.3) is 0 Å². The molecule has 30 heavy (non-hydrogen) atoms. The average Bonchev–Trinajstić information content (AvgIpc) is 2.77. The van der Waals surface area contributed by atoms with Crippen molar-refractivity contribution in [3.63, 3.8) is 0 Å². The smallest absolute Gasteiger partial charge is 0.194 e. The molecule has 1 unspecified atom stereocenters. The van der Waals surface area contributed by atoms with E-state index in [2.05, 4.69) is 19.1 Å². The molecule has 1 aromatic rings. The third kappa shape index (κ3) is 6.49. The van der Waals surface area contributed by atoms with Gasteiger partial charge in [0.05, 0.1) is 0 Å². The summed E-state index contributed by atoms with van der Waals surface area (Å²) in [5, 5.41) is 0. The monoisotopic (exact) mass is 418 g/mol. The Morgan fingerprint density at radius 2 is 1.47 bits per heavy atom. The molecule has 2 aliphatic carbocycles. The summed E-state index contributed by atoms with van der Waals surface area (Å²) in [7, 11) is 0. The number of benzene rings is 1. The van der Waals surface area contributed by atoms with Crippen molar-refractivity contribution in [2.45, 2.75) is 96.3 Å². The van der Waals surface area contributed by atoms with Crippen molar-refractivity contribution in [1.82, 2.24) is 0 Å². The van der Waals surface area contributed by atoms with Crippen LogP contribution in [0.3, 0.4) is 0 Å². The Morgan fingerprint density at radius 3 is 2.07 bits per heavy atom. The van der Waals surface area contributed by atoms with Crippen LogP contribution >= 0.6 is 0 Å².